The van der Waals surface area contributed by atoms with Crippen molar-refractivity contribution in [2.45, 2.75) is 17.4 Å². The Labute approximate surface area is 113 Å². The topological polar surface area (TPSA) is 55.8 Å². The number of ether oxygens (including phenoxy) is 2. The highest BCUT2D eigenvalue weighted by atomic mass is 32.2. The lowest BCUT2D eigenvalue weighted by atomic mass is 10.2. The fourth-order valence-electron chi connectivity index (χ4n) is 2.27. The van der Waals surface area contributed by atoms with Crippen LogP contribution in [-0.2, 0) is 9.84 Å². The molecule has 0 amide bonds. The van der Waals surface area contributed by atoms with Crippen molar-refractivity contribution in [2.75, 3.05) is 32.5 Å². The molecule has 2 heterocycles. The van der Waals surface area contributed by atoms with Gasteiger partial charge in [0.2, 0.25) is 0 Å². The number of fused-ring (bicyclic) bond motifs is 1. The van der Waals surface area contributed by atoms with Gasteiger partial charge in [0.05, 0.1) is 4.90 Å². The van der Waals surface area contributed by atoms with Crippen LogP contribution in [-0.4, -0.2) is 51.9 Å². The molecule has 0 saturated carbocycles. The minimum Gasteiger partial charge on any atom is -0.486 e. The van der Waals surface area contributed by atoms with Crippen molar-refractivity contribution in [1.29, 1.82) is 0 Å². The Hall–Kier alpha value is -1.27. The molecule has 1 aromatic carbocycles. The van der Waals surface area contributed by atoms with E-state index in [0.29, 0.717) is 18.1 Å². The number of hydrogen-bond acceptors (Lipinski definition) is 5. The molecule has 0 unspecified atom stereocenters. The van der Waals surface area contributed by atoms with Crippen molar-refractivity contribution in [3.63, 3.8) is 0 Å². The third-order valence-corrected chi connectivity index (χ3v) is 4.58. The number of benzene rings is 1. The van der Waals surface area contributed by atoms with Crippen molar-refractivity contribution in [3.05, 3.63) is 18.2 Å². The summed E-state index contributed by atoms with van der Waals surface area (Å²) in [6.07, 6.45) is 2.40. The fraction of sp³-hybridized carbons (Fsp3) is 0.538. The first-order valence-corrected chi connectivity index (χ1v) is 8.27. The molecule has 0 radical (unpaired) electrons. The van der Waals surface area contributed by atoms with Crippen LogP contribution in [0.2, 0.25) is 0 Å². The summed E-state index contributed by atoms with van der Waals surface area (Å²) >= 11 is 0. The maximum Gasteiger partial charge on any atom is 0.175 e. The second-order valence-electron chi connectivity index (χ2n) is 5.09. The third kappa shape index (κ3) is 2.69. The highest BCUT2D eigenvalue weighted by molar-refractivity contribution is 7.90. The van der Waals surface area contributed by atoms with E-state index in [-0.39, 0.29) is 11.0 Å². The molecule has 0 spiro atoms. The third-order valence-electron chi connectivity index (χ3n) is 3.47. The van der Waals surface area contributed by atoms with E-state index in [2.05, 4.69) is 4.90 Å². The quantitative estimate of drug-likeness (QED) is 0.826. The van der Waals surface area contributed by atoms with Gasteiger partial charge < -0.3 is 9.47 Å². The maximum atomic E-state index is 11.5. The SMILES string of the molecule is CS(=O)(=O)c1ccc2c(c1)O[C@@H](CN1CCC1)CO2. The highest BCUT2D eigenvalue weighted by Gasteiger charge is 2.26. The summed E-state index contributed by atoms with van der Waals surface area (Å²) in [7, 11) is -3.22. The van der Waals surface area contributed by atoms with E-state index < -0.39 is 9.84 Å². The Bertz CT molecular complexity index is 580. The van der Waals surface area contributed by atoms with Crippen LogP contribution >= 0.6 is 0 Å². The van der Waals surface area contributed by atoms with Crippen LogP contribution in [0.25, 0.3) is 0 Å². The van der Waals surface area contributed by atoms with E-state index in [4.69, 9.17) is 9.47 Å². The smallest absolute Gasteiger partial charge is 0.175 e. The lowest BCUT2D eigenvalue weighted by Gasteiger charge is -2.35. The molecule has 0 aromatic heterocycles. The van der Waals surface area contributed by atoms with E-state index in [1.54, 1.807) is 18.2 Å². The van der Waals surface area contributed by atoms with Gasteiger partial charge in [-0.05, 0) is 31.6 Å². The Morgan fingerprint density at radius 1 is 1.32 bits per heavy atom. The average molecular weight is 283 g/mol. The first kappa shape index (κ1) is 12.7. The zero-order chi connectivity index (χ0) is 13.5. The lowest BCUT2D eigenvalue weighted by Crippen LogP contribution is -2.46. The summed E-state index contributed by atoms with van der Waals surface area (Å²) in [5.41, 5.74) is 0. The zero-order valence-electron chi connectivity index (χ0n) is 10.8. The Morgan fingerprint density at radius 2 is 2.11 bits per heavy atom. The van der Waals surface area contributed by atoms with Gasteiger partial charge in [-0.15, -0.1) is 0 Å². The summed E-state index contributed by atoms with van der Waals surface area (Å²) in [5, 5.41) is 0. The fourth-order valence-corrected chi connectivity index (χ4v) is 2.91. The summed E-state index contributed by atoms with van der Waals surface area (Å²) in [5.74, 6) is 1.15. The van der Waals surface area contributed by atoms with Crippen LogP contribution in [0.5, 0.6) is 11.5 Å². The molecule has 6 heteroatoms. The number of likely N-dealkylation sites (tertiary alicyclic amines) is 1. The average Bonchev–Trinajstić information content (AvgIpc) is 2.32. The Kier molecular flexibility index (Phi) is 3.14. The molecular weight excluding hydrogens is 266 g/mol. The maximum absolute atomic E-state index is 11.5. The van der Waals surface area contributed by atoms with Crippen LogP contribution < -0.4 is 9.47 Å². The van der Waals surface area contributed by atoms with Gasteiger partial charge in [0.1, 0.15) is 12.7 Å². The first-order valence-electron chi connectivity index (χ1n) is 6.38. The normalized spacial score (nSPS) is 22.9. The zero-order valence-corrected chi connectivity index (χ0v) is 11.6. The van der Waals surface area contributed by atoms with Gasteiger partial charge in [-0.2, -0.15) is 0 Å². The van der Waals surface area contributed by atoms with Crippen molar-refractivity contribution >= 4 is 9.84 Å². The molecule has 0 bridgehead atoms. The van der Waals surface area contributed by atoms with Gasteiger partial charge in [0.15, 0.2) is 21.3 Å². The monoisotopic (exact) mass is 283 g/mol. The van der Waals surface area contributed by atoms with Crippen molar-refractivity contribution in [2.24, 2.45) is 0 Å². The van der Waals surface area contributed by atoms with Gasteiger partial charge in [0, 0.05) is 18.9 Å². The van der Waals surface area contributed by atoms with E-state index in [9.17, 15) is 8.42 Å². The molecule has 2 aliphatic heterocycles. The predicted molar refractivity (Wildman–Crippen MR) is 70.5 cm³/mol. The number of sulfone groups is 1. The van der Waals surface area contributed by atoms with E-state index in [0.717, 1.165) is 19.6 Å². The van der Waals surface area contributed by atoms with Crippen molar-refractivity contribution < 1.29 is 17.9 Å². The molecule has 1 saturated heterocycles. The molecule has 3 rings (SSSR count). The first-order chi connectivity index (χ1) is 9.02. The molecule has 0 N–H and O–H groups in total. The highest BCUT2D eigenvalue weighted by Crippen LogP contribution is 2.34. The van der Waals surface area contributed by atoms with Crippen LogP contribution in [0.15, 0.2) is 23.1 Å². The van der Waals surface area contributed by atoms with E-state index in [1.807, 2.05) is 0 Å². The standard InChI is InChI=1S/C13H17NO4S/c1-19(15,16)11-3-4-12-13(7-11)18-10(9-17-12)8-14-5-2-6-14/h3-4,7,10H,2,5-6,8-9H2,1H3/t10-/m0/s1. The molecule has 1 atom stereocenters. The number of nitrogens with zero attached hydrogens (tertiary/aromatic N) is 1. The minimum absolute atomic E-state index is 0.0254. The number of hydrogen-bond donors (Lipinski definition) is 0. The van der Waals surface area contributed by atoms with Crippen molar-refractivity contribution in [3.8, 4) is 11.5 Å². The van der Waals surface area contributed by atoms with Gasteiger partial charge >= 0.3 is 0 Å². The van der Waals surface area contributed by atoms with Crippen LogP contribution in [0.4, 0.5) is 0 Å². The molecular formula is C13H17NO4S. The molecule has 19 heavy (non-hydrogen) atoms. The summed E-state index contributed by atoms with van der Waals surface area (Å²) in [6, 6.07) is 4.76. The van der Waals surface area contributed by atoms with Crippen LogP contribution in [0, 0.1) is 0 Å². The lowest BCUT2D eigenvalue weighted by molar-refractivity contribution is 0.0401. The Balaban J connectivity index is 1.78. The van der Waals surface area contributed by atoms with Crippen LogP contribution in [0.3, 0.4) is 0 Å². The molecule has 1 aromatic rings. The van der Waals surface area contributed by atoms with Gasteiger partial charge in [0.25, 0.3) is 0 Å². The van der Waals surface area contributed by atoms with Crippen LogP contribution in [0.1, 0.15) is 6.42 Å². The largest absolute Gasteiger partial charge is 0.486 e. The molecule has 1 fully saturated rings. The molecule has 2 aliphatic rings. The van der Waals surface area contributed by atoms with Gasteiger partial charge in [-0.25, -0.2) is 8.42 Å². The van der Waals surface area contributed by atoms with E-state index in [1.165, 1.54) is 12.7 Å². The predicted octanol–water partition coefficient (Wildman–Crippen LogP) is 0.936. The summed E-state index contributed by atoms with van der Waals surface area (Å²) in [4.78, 5) is 2.57. The summed E-state index contributed by atoms with van der Waals surface area (Å²) < 4.78 is 34.5. The van der Waals surface area contributed by atoms with Crippen molar-refractivity contribution in [1.82, 2.24) is 4.90 Å². The van der Waals surface area contributed by atoms with E-state index >= 15 is 0 Å². The minimum atomic E-state index is -3.22. The van der Waals surface area contributed by atoms with Gasteiger partial charge in [-0.1, -0.05) is 0 Å². The Morgan fingerprint density at radius 3 is 2.74 bits per heavy atom. The summed E-state index contributed by atoms with van der Waals surface area (Å²) in [6.45, 7) is 3.57. The second kappa shape index (κ2) is 4.68. The number of rotatable bonds is 3. The molecule has 104 valence electrons. The van der Waals surface area contributed by atoms with Gasteiger partial charge in [-0.3, -0.25) is 4.90 Å². The second-order valence-corrected chi connectivity index (χ2v) is 7.10. The molecule has 5 nitrogen and oxygen atoms in total. The molecule has 0 aliphatic carbocycles.